The van der Waals surface area contributed by atoms with Crippen LogP contribution in [0.15, 0.2) is 30.3 Å². The van der Waals surface area contributed by atoms with Crippen LogP contribution in [0.3, 0.4) is 0 Å². The molecule has 1 aromatic heterocycles. The SMILES string of the molecule is Cc1cc(Cl)nc(CN(C)Cc2ccc(F)cc2)n1. The first-order valence-electron chi connectivity index (χ1n) is 5.96. The monoisotopic (exact) mass is 279 g/mol. The number of hydrogen-bond acceptors (Lipinski definition) is 3. The van der Waals surface area contributed by atoms with Gasteiger partial charge in [0.25, 0.3) is 0 Å². The Bertz CT molecular complexity index is 537. The molecule has 0 aliphatic carbocycles. The molecule has 0 aliphatic rings. The van der Waals surface area contributed by atoms with Crippen molar-refractivity contribution in [3.05, 3.63) is 58.4 Å². The highest BCUT2D eigenvalue weighted by atomic mass is 35.5. The summed E-state index contributed by atoms with van der Waals surface area (Å²) in [5.41, 5.74) is 1.90. The summed E-state index contributed by atoms with van der Waals surface area (Å²) >= 11 is 5.90. The van der Waals surface area contributed by atoms with Gasteiger partial charge >= 0.3 is 0 Å². The van der Waals surface area contributed by atoms with Crippen LogP contribution in [-0.4, -0.2) is 21.9 Å². The number of benzene rings is 1. The van der Waals surface area contributed by atoms with Gasteiger partial charge in [0, 0.05) is 12.2 Å². The standard InChI is InChI=1S/C14H15ClFN3/c1-10-7-13(15)18-14(17-10)9-19(2)8-11-3-5-12(16)6-4-11/h3-7H,8-9H2,1-2H3. The van der Waals surface area contributed by atoms with Crippen LogP contribution in [0.5, 0.6) is 0 Å². The van der Waals surface area contributed by atoms with Crippen LogP contribution in [0, 0.1) is 12.7 Å². The van der Waals surface area contributed by atoms with Crippen LogP contribution in [0.1, 0.15) is 17.1 Å². The summed E-state index contributed by atoms with van der Waals surface area (Å²) in [4.78, 5) is 10.6. The number of aryl methyl sites for hydroxylation is 1. The number of rotatable bonds is 4. The smallest absolute Gasteiger partial charge is 0.144 e. The third kappa shape index (κ3) is 4.26. The van der Waals surface area contributed by atoms with Gasteiger partial charge in [-0.3, -0.25) is 4.90 Å². The second kappa shape index (κ2) is 6.08. The fourth-order valence-electron chi connectivity index (χ4n) is 1.86. The van der Waals surface area contributed by atoms with Crippen molar-refractivity contribution in [3.63, 3.8) is 0 Å². The molecule has 2 aromatic rings. The lowest BCUT2D eigenvalue weighted by atomic mass is 10.2. The van der Waals surface area contributed by atoms with Gasteiger partial charge in [-0.15, -0.1) is 0 Å². The van der Waals surface area contributed by atoms with Gasteiger partial charge in [-0.05, 0) is 37.7 Å². The fourth-order valence-corrected chi connectivity index (χ4v) is 2.11. The molecule has 0 aliphatic heterocycles. The third-order valence-corrected chi connectivity index (χ3v) is 2.84. The third-order valence-electron chi connectivity index (χ3n) is 2.65. The first-order chi connectivity index (χ1) is 9.02. The summed E-state index contributed by atoms with van der Waals surface area (Å²) in [6.45, 7) is 3.19. The molecule has 0 unspecified atom stereocenters. The van der Waals surface area contributed by atoms with Crippen molar-refractivity contribution in [1.29, 1.82) is 0 Å². The van der Waals surface area contributed by atoms with E-state index in [0.29, 0.717) is 24.1 Å². The van der Waals surface area contributed by atoms with E-state index >= 15 is 0 Å². The largest absolute Gasteiger partial charge is 0.295 e. The second-order valence-electron chi connectivity index (χ2n) is 4.55. The molecule has 0 N–H and O–H groups in total. The maximum absolute atomic E-state index is 12.8. The predicted molar refractivity (Wildman–Crippen MR) is 73.4 cm³/mol. The Morgan fingerprint density at radius 2 is 1.84 bits per heavy atom. The highest BCUT2D eigenvalue weighted by Gasteiger charge is 2.06. The van der Waals surface area contributed by atoms with Crippen LogP contribution in [0.2, 0.25) is 5.15 Å². The molecular weight excluding hydrogens is 265 g/mol. The molecule has 1 heterocycles. The fraction of sp³-hybridized carbons (Fsp3) is 0.286. The molecule has 0 fully saturated rings. The van der Waals surface area contributed by atoms with Gasteiger partial charge in [0.05, 0.1) is 6.54 Å². The summed E-state index contributed by atoms with van der Waals surface area (Å²) < 4.78 is 12.8. The van der Waals surface area contributed by atoms with Crippen LogP contribution in [-0.2, 0) is 13.1 Å². The number of halogens is 2. The zero-order chi connectivity index (χ0) is 13.8. The molecule has 0 bridgehead atoms. The van der Waals surface area contributed by atoms with Crippen molar-refractivity contribution < 1.29 is 4.39 Å². The molecule has 100 valence electrons. The van der Waals surface area contributed by atoms with E-state index < -0.39 is 0 Å². The lowest BCUT2D eigenvalue weighted by molar-refractivity contribution is 0.310. The van der Waals surface area contributed by atoms with Crippen LogP contribution >= 0.6 is 11.6 Å². The Kier molecular flexibility index (Phi) is 4.45. The van der Waals surface area contributed by atoms with Gasteiger partial charge in [-0.25, -0.2) is 14.4 Å². The van der Waals surface area contributed by atoms with Crippen LogP contribution in [0.4, 0.5) is 4.39 Å². The number of hydrogen-bond donors (Lipinski definition) is 0. The molecule has 0 saturated heterocycles. The Balaban J connectivity index is 2.00. The zero-order valence-corrected chi connectivity index (χ0v) is 11.7. The molecule has 0 atom stereocenters. The highest BCUT2D eigenvalue weighted by molar-refractivity contribution is 6.29. The van der Waals surface area contributed by atoms with Crippen molar-refractivity contribution in [2.75, 3.05) is 7.05 Å². The second-order valence-corrected chi connectivity index (χ2v) is 4.93. The molecule has 0 amide bonds. The molecule has 0 spiro atoms. The van der Waals surface area contributed by atoms with E-state index in [9.17, 15) is 4.39 Å². The lowest BCUT2D eigenvalue weighted by Gasteiger charge is -2.16. The Morgan fingerprint density at radius 1 is 1.16 bits per heavy atom. The summed E-state index contributed by atoms with van der Waals surface area (Å²) in [6, 6.07) is 8.20. The average molecular weight is 280 g/mol. The van der Waals surface area contributed by atoms with Gasteiger partial charge in [0.1, 0.15) is 16.8 Å². The molecule has 5 heteroatoms. The normalized spacial score (nSPS) is 11.0. The van der Waals surface area contributed by atoms with E-state index in [4.69, 9.17) is 11.6 Å². The van der Waals surface area contributed by atoms with E-state index in [1.54, 1.807) is 18.2 Å². The average Bonchev–Trinajstić information content (AvgIpc) is 2.30. The van der Waals surface area contributed by atoms with E-state index in [2.05, 4.69) is 14.9 Å². The first kappa shape index (κ1) is 13.9. The van der Waals surface area contributed by atoms with Gasteiger partial charge in [0.2, 0.25) is 0 Å². The van der Waals surface area contributed by atoms with Crippen LogP contribution in [0.25, 0.3) is 0 Å². The summed E-state index contributed by atoms with van der Waals surface area (Å²) in [7, 11) is 1.96. The number of aromatic nitrogens is 2. The Hall–Kier alpha value is -1.52. The zero-order valence-electron chi connectivity index (χ0n) is 10.9. The maximum atomic E-state index is 12.8. The lowest BCUT2D eigenvalue weighted by Crippen LogP contribution is -2.19. The Labute approximate surface area is 117 Å². The Morgan fingerprint density at radius 3 is 2.47 bits per heavy atom. The minimum Gasteiger partial charge on any atom is -0.295 e. The molecule has 0 radical (unpaired) electrons. The minimum atomic E-state index is -0.222. The first-order valence-corrected chi connectivity index (χ1v) is 6.34. The molecular formula is C14H15ClFN3. The maximum Gasteiger partial charge on any atom is 0.144 e. The minimum absolute atomic E-state index is 0.222. The van der Waals surface area contributed by atoms with Crippen molar-refractivity contribution in [1.82, 2.24) is 14.9 Å². The molecule has 3 nitrogen and oxygen atoms in total. The predicted octanol–water partition coefficient (Wildman–Crippen LogP) is 3.21. The van der Waals surface area contributed by atoms with Crippen molar-refractivity contribution >= 4 is 11.6 Å². The van der Waals surface area contributed by atoms with Crippen molar-refractivity contribution in [3.8, 4) is 0 Å². The van der Waals surface area contributed by atoms with Gasteiger partial charge in [0.15, 0.2) is 0 Å². The summed E-state index contributed by atoms with van der Waals surface area (Å²) in [6.07, 6.45) is 0. The number of nitrogens with zero attached hydrogens (tertiary/aromatic N) is 3. The molecule has 2 rings (SSSR count). The van der Waals surface area contributed by atoms with Gasteiger partial charge < -0.3 is 0 Å². The van der Waals surface area contributed by atoms with Crippen LogP contribution < -0.4 is 0 Å². The van der Waals surface area contributed by atoms with Gasteiger partial charge in [-0.1, -0.05) is 23.7 Å². The molecule has 19 heavy (non-hydrogen) atoms. The summed E-state index contributed by atoms with van der Waals surface area (Å²) in [5.74, 6) is 0.467. The summed E-state index contributed by atoms with van der Waals surface area (Å²) in [5, 5.41) is 0.456. The van der Waals surface area contributed by atoms with E-state index in [1.807, 2.05) is 14.0 Å². The van der Waals surface area contributed by atoms with E-state index in [0.717, 1.165) is 11.3 Å². The molecule has 1 aromatic carbocycles. The van der Waals surface area contributed by atoms with E-state index in [-0.39, 0.29) is 5.82 Å². The molecule has 0 saturated carbocycles. The van der Waals surface area contributed by atoms with Gasteiger partial charge in [-0.2, -0.15) is 0 Å². The van der Waals surface area contributed by atoms with Crippen molar-refractivity contribution in [2.45, 2.75) is 20.0 Å². The topological polar surface area (TPSA) is 29.0 Å². The van der Waals surface area contributed by atoms with E-state index in [1.165, 1.54) is 12.1 Å². The highest BCUT2D eigenvalue weighted by Crippen LogP contribution is 2.10. The van der Waals surface area contributed by atoms with Crippen molar-refractivity contribution in [2.24, 2.45) is 0 Å². The quantitative estimate of drug-likeness (QED) is 0.805.